The lowest BCUT2D eigenvalue weighted by Crippen LogP contribution is -2.28. The summed E-state index contributed by atoms with van der Waals surface area (Å²) in [6.07, 6.45) is 6.58. The number of aromatic nitrogens is 3. The van der Waals surface area contributed by atoms with Gasteiger partial charge >= 0.3 is 0 Å². The molecule has 124 valence electrons. The Morgan fingerprint density at radius 1 is 1.17 bits per heavy atom. The average molecular weight is 344 g/mol. The Balaban J connectivity index is 1.50. The molecule has 24 heavy (non-hydrogen) atoms. The number of pyridine rings is 1. The molecule has 0 saturated carbocycles. The van der Waals surface area contributed by atoms with Crippen LogP contribution in [0.1, 0.15) is 24.1 Å². The smallest absolute Gasteiger partial charge is 0.268 e. The lowest BCUT2D eigenvalue weighted by Gasteiger charge is -2.25. The van der Waals surface area contributed by atoms with E-state index in [1.165, 1.54) is 49.5 Å². The van der Waals surface area contributed by atoms with Crippen molar-refractivity contribution in [1.29, 1.82) is 0 Å². The molecule has 3 aromatic heterocycles. The summed E-state index contributed by atoms with van der Waals surface area (Å²) < 4.78 is 18.6. The molecule has 0 aromatic carbocycles. The summed E-state index contributed by atoms with van der Waals surface area (Å²) in [5.74, 6) is 0.394. The number of thiophene rings is 1. The first-order valence-electron chi connectivity index (χ1n) is 8.04. The maximum Gasteiger partial charge on any atom is 0.268 e. The van der Waals surface area contributed by atoms with E-state index in [1.807, 2.05) is 6.07 Å². The molecule has 5 nitrogen and oxygen atoms in total. The number of hydrogen-bond donors (Lipinski definition) is 0. The molecule has 0 amide bonds. The Hall–Kier alpha value is -2.12. The van der Waals surface area contributed by atoms with Gasteiger partial charge in [0.05, 0.1) is 11.1 Å². The molecule has 0 spiro atoms. The van der Waals surface area contributed by atoms with Crippen molar-refractivity contribution in [3.05, 3.63) is 41.3 Å². The van der Waals surface area contributed by atoms with Crippen LogP contribution in [0.15, 0.2) is 35.1 Å². The van der Waals surface area contributed by atoms with Crippen molar-refractivity contribution in [2.75, 3.05) is 13.1 Å². The van der Waals surface area contributed by atoms with Gasteiger partial charge in [-0.05, 0) is 44.1 Å². The maximum absolute atomic E-state index is 13.3. The highest BCUT2D eigenvalue weighted by atomic mass is 32.1. The first kappa shape index (κ1) is 15.4. The minimum Gasteiger partial charge on any atom is -0.333 e. The SMILES string of the molecule is Fc1cncc(-c2noc(-c3ccc(CN4CCCCC4)s3)n2)c1. The van der Waals surface area contributed by atoms with E-state index in [0.29, 0.717) is 17.3 Å². The van der Waals surface area contributed by atoms with Crippen LogP contribution in [0.25, 0.3) is 22.2 Å². The van der Waals surface area contributed by atoms with Crippen LogP contribution in [-0.2, 0) is 6.54 Å². The summed E-state index contributed by atoms with van der Waals surface area (Å²) in [5.41, 5.74) is 0.509. The number of rotatable bonds is 4. The van der Waals surface area contributed by atoms with Crippen LogP contribution in [0.4, 0.5) is 4.39 Å². The zero-order chi connectivity index (χ0) is 16.4. The van der Waals surface area contributed by atoms with Gasteiger partial charge in [-0.15, -0.1) is 11.3 Å². The molecule has 1 saturated heterocycles. The molecule has 7 heteroatoms. The Labute approximate surface area is 143 Å². The minimum atomic E-state index is -0.418. The average Bonchev–Trinajstić information content (AvgIpc) is 3.25. The fraction of sp³-hybridized carbons (Fsp3) is 0.353. The van der Waals surface area contributed by atoms with Gasteiger partial charge in [0.25, 0.3) is 5.89 Å². The van der Waals surface area contributed by atoms with E-state index in [-0.39, 0.29) is 0 Å². The number of piperidine rings is 1. The predicted octanol–water partition coefficient (Wildman–Crippen LogP) is 3.99. The molecule has 4 heterocycles. The summed E-state index contributed by atoms with van der Waals surface area (Å²) in [7, 11) is 0. The van der Waals surface area contributed by atoms with Crippen LogP contribution in [0.3, 0.4) is 0 Å². The summed E-state index contributed by atoms with van der Waals surface area (Å²) in [5, 5.41) is 3.93. The van der Waals surface area contributed by atoms with Crippen molar-refractivity contribution >= 4 is 11.3 Å². The van der Waals surface area contributed by atoms with E-state index in [2.05, 4.69) is 26.1 Å². The quantitative estimate of drug-likeness (QED) is 0.716. The van der Waals surface area contributed by atoms with Crippen LogP contribution in [-0.4, -0.2) is 33.1 Å². The molecular formula is C17H17FN4OS. The number of nitrogens with zero attached hydrogens (tertiary/aromatic N) is 4. The number of hydrogen-bond acceptors (Lipinski definition) is 6. The topological polar surface area (TPSA) is 55.1 Å². The molecule has 0 unspecified atom stereocenters. The predicted molar refractivity (Wildman–Crippen MR) is 89.9 cm³/mol. The second kappa shape index (κ2) is 6.78. The highest BCUT2D eigenvalue weighted by Crippen LogP contribution is 2.29. The van der Waals surface area contributed by atoms with E-state index in [9.17, 15) is 4.39 Å². The normalized spacial score (nSPS) is 15.7. The lowest BCUT2D eigenvalue weighted by atomic mass is 10.1. The lowest BCUT2D eigenvalue weighted by molar-refractivity contribution is 0.222. The fourth-order valence-corrected chi connectivity index (χ4v) is 3.86. The second-order valence-electron chi connectivity index (χ2n) is 5.92. The van der Waals surface area contributed by atoms with E-state index < -0.39 is 5.82 Å². The molecule has 0 bridgehead atoms. The van der Waals surface area contributed by atoms with Crippen LogP contribution < -0.4 is 0 Å². The Morgan fingerprint density at radius 2 is 2.04 bits per heavy atom. The van der Waals surface area contributed by atoms with Crippen molar-refractivity contribution in [2.45, 2.75) is 25.8 Å². The third kappa shape index (κ3) is 3.37. The standard InChI is InChI=1S/C17H17FN4OS/c18-13-8-12(9-19-10-13)16-20-17(23-21-16)15-5-4-14(24-15)11-22-6-2-1-3-7-22/h4-5,8-10H,1-3,6-7,11H2. The maximum atomic E-state index is 13.3. The monoisotopic (exact) mass is 344 g/mol. The van der Waals surface area contributed by atoms with Gasteiger partial charge in [0.15, 0.2) is 0 Å². The van der Waals surface area contributed by atoms with Crippen molar-refractivity contribution in [3.8, 4) is 22.2 Å². The highest BCUT2D eigenvalue weighted by Gasteiger charge is 2.15. The van der Waals surface area contributed by atoms with Crippen LogP contribution in [0.5, 0.6) is 0 Å². The van der Waals surface area contributed by atoms with Gasteiger partial charge in [-0.3, -0.25) is 9.88 Å². The van der Waals surface area contributed by atoms with E-state index in [4.69, 9.17) is 4.52 Å². The highest BCUT2D eigenvalue weighted by molar-refractivity contribution is 7.15. The Kier molecular flexibility index (Phi) is 4.36. The molecule has 0 atom stereocenters. The van der Waals surface area contributed by atoms with Crippen molar-refractivity contribution in [1.82, 2.24) is 20.0 Å². The van der Waals surface area contributed by atoms with Gasteiger partial charge in [0.2, 0.25) is 5.82 Å². The number of halogens is 1. The van der Waals surface area contributed by atoms with Gasteiger partial charge in [-0.1, -0.05) is 11.6 Å². The zero-order valence-electron chi connectivity index (χ0n) is 13.1. The largest absolute Gasteiger partial charge is 0.333 e. The molecule has 1 aliphatic heterocycles. The summed E-state index contributed by atoms with van der Waals surface area (Å²) in [6.45, 7) is 3.31. The van der Waals surface area contributed by atoms with Crippen LogP contribution >= 0.6 is 11.3 Å². The minimum absolute atomic E-state index is 0.350. The third-order valence-electron chi connectivity index (χ3n) is 4.09. The van der Waals surface area contributed by atoms with Crippen molar-refractivity contribution in [3.63, 3.8) is 0 Å². The van der Waals surface area contributed by atoms with Crippen molar-refractivity contribution in [2.24, 2.45) is 0 Å². The van der Waals surface area contributed by atoms with Gasteiger partial charge in [0, 0.05) is 23.2 Å². The van der Waals surface area contributed by atoms with Gasteiger partial charge in [-0.2, -0.15) is 4.98 Å². The third-order valence-corrected chi connectivity index (χ3v) is 5.15. The van der Waals surface area contributed by atoms with Gasteiger partial charge in [-0.25, -0.2) is 4.39 Å². The summed E-state index contributed by atoms with van der Waals surface area (Å²) in [6, 6.07) is 5.46. The van der Waals surface area contributed by atoms with Crippen LogP contribution in [0, 0.1) is 5.82 Å². The van der Waals surface area contributed by atoms with E-state index in [1.54, 1.807) is 11.3 Å². The van der Waals surface area contributed by atoms with E-state index in [0.717, 1.165) is 17.6 Å². The van der Waals surface area contributed by atoms with Crippen LogP contribution in [0.2, 0.25) is 0 Å². The number of likely N-dealkylation sites (tertiary alicyclic amines) is 1. The molecule has 1 fully saturated rings. The molecule has 3 aromatic rings. The molecule has 0 aliphatic carbocycles. The first-order chi connectivity index (χ1) is 11.8. The van der Waals surface area contributed by atoms with Gasteiger partial charge < -0.3 is 4.52 Å². The Bertz CT molecular complexity index is 825. The molecule has 0 radical (unpaired) electrons. The van der Waals surface area contributed by atoms with E-state index >= 15 is 0 Å². The summed E-state index contributed by atoms with van der Waals surface area (Å²) in [4.78, 5) is 12.9. The van der Waals surface area contributed by atoms with Crippen molar-refractivity contribution < 1.29 is 8.91 Å². The fourth-order valence-electron chi connectivity index (χ4n) is 2.89. The zero-order valence-corrected chi connectivity index (χ0v) is 13.9. The Morgan fingerprint density at radius 3 is 2.88 bits per heavy atom. The molecular weight excluding hydrogens is 327 g/mol. The molecule has 4 rings (SSSR count). The summed E-state index contributed by atoms with van der Waals surface area (Å²) >= 11 is 1.66. The second-order valence-corrected chi connectivity index (χ2v) is 7.09. The first-order valence-corrected chi connectivity index (χ1v) is 8.86. The molecule has 0 N–H and O–H groups in total. The van der Waals surface area contributed by atoms with Gasteiger partial charge in [0.1, 0.15) is 5.82 Å². The molecule has 1 aliphatic rings.